The van der Waals surface area contributed by atoms with Gasteiger partial charge in [-0.05, 0) is 64.5 Å². The van der Waals surface area contributed by atoms with Gasteiger partial charge < -0.3 is 15.6 Å². The van der Waals surface area contributed by atoms with Crippen molar-refractivity contribution in [3.8, 4) is 5.75 Å². The minimum Gasteiger partial charge on any atom is -0.490 e. The number of carbonyl (C=O) groups is 1. The Kier molecular flexibility index (Phi) is 5.50. The molecule has 1 atom stereocenters. The van der Waals surface area contributed by atoms with Crippen LogP contribution in [0.2, 0.25) is 5.02 Å². The van der Waals surface area contributed by atoms with Gasteiger partial charge in [-0.15, -0.1) is 0 Å². The Balaban J connectivity index is 1.90. The molecule has 1 aromatic carbocycles. The molecule has 3 N–H and O–H groups in total. The summed E-state index contributed by atoms with van der Waals surface area (Å²) < 4.78 is 20.6. The minimum atomic E-state index is -1.12. The van der Waals surface area contributed by atoms with Gasteiger partial charge in [-0.3, -0.25) is 0 Å². The third-order valence-corrected chi connectivity index (χ3v) is 5.64. The Labute approximate surface area is 163 Å². The highest BCUT2D eigenvalue weighted by Gasteiger charge is 2.38. The quantitative estimate of drug-likeness (QED) is 0.684. The van der Waals surface area contributed by atoms with Gasteiger partial charge >= 0.3 is 5.97 Å². The van der Waals surface area contributed by atoms with E-state index in [-0.39, 0.29) is 17.3 Å². The second kappa shape index (κ2) is 7.50. The highest BCUT2D eigenvalue weighted by atomic mass is 79.9. The Bertz CT molecular complexity index is 865. The van der Waals surface area contributed by atoms with Gasteiger partial charge in [0, 0.05) is 12.0 Å². The van der Waals surface area contributed by atoms with Crippen molar-refractivity contribution < 1.29 is 19.0 Å². The number of nitrogens with zero attached hydrogens (tertiary/aromatic N) is 1. The summed E-state index contributed by atoms with van der Waals surface area (Å²) in [5.74, 6) is -1.11. The summed E-state index contributed by atoms with van der Waals surface area (Å²) in [4.78, 5) is 14.9. The van der Waals surface area contributed by atoms with E-state index in [0.29, 0.717) is 28.9 Å². The molecule has 138 valence electrons. The zero-order chi connectivity index (χ0) is 18.9. The summed E-state index contributed by atoms with van der Waals surface area (Å²) in [6, 6.07) is 6.27. The predicted molar refractivity (Wildman–Crippen MR) is 99.5 cm³/mol. The number of hydrogen-bond donors (Lipinski definition) is 2. The molecule has 1 aliphatic rings. The van der Waals surface area contributed by atoms with Crippen molar-refractivity contribution in [1.29, 1.82) is 0 Å². The maximum Gasteiger partial charge on any atom is 0.354 e. The molecule has 1 unspecified atom stereocenters. The van der Waals surface area contributed by atoms with Gasteiger partial charge in [-0.1, -0.05) is 17.7 Å². The molecule has 0 saturated heterocycles. The number of rotatable bonds is 5. The average Bonchev–Trinajstić information content (AvgIpc) is 2.63. The fourth-order valence-corrected chi connectivity index (χ4v) is 3.97. The Morgan fingerprint density at radius 3 is 2.85 bits per heavy atom. The third kappa shape index (κ3) is 3.43. The van der Waals surface area contributed by atoms with Gasteiger partial charge in [0.2, 0.25) is 0 Å². The molecule has 1 aliphatic carbocycles. The normalized spacial score (nSPS) is 19.1. The predicted octanol–water partition coefficient (Wildman–Crippen LogP) is 3.95. The molecule has 0 radical (unpaired) electrons. The van der Waals surface area contributed by atoms with E-state index in [0.717, 1.165) is 18.4 Å². The molecular formula is C18H17BrClFN2O3. The van der Waals surface area contributed by atoms with Crippen molar-refractivity contribution in [2.24, 2.45) is 5.73 Å². The monoisotopic (exact) mass is 442 g/mol. The number of carboxylic acids is 1. The fraction of sp³-hybridized carbons (Fsp3) is 0.333. The number of ether oxygens (including phenoxy) is 1. The Hall–Kier alpha value is -1.70. The number of aromatic nitrogens is 1. The van der Waals surface area contributed by atoms with Gasteiger partial charge in [-0.25, -0.2) is 14.2 Å². The van der Waals surface area contributed by atoms with Crippen LogP contribution >= 0.6 is 27.5 Å². The standard InChI is InChI=1S/C18H17BrClFN2O3/c19-16-14(6-5-13(23-16)17(24)25)26-9-18(8-22)7-1-2-10-11(18)3-4-12(20)15(10)21/h3-6H,1-2,7-9,22H2,(H,24,25). The van der Waals surface area contributed by atoms with E-state index in [1.807, 2.05) is 6.07 Å². The third-order valence-electron chi connectivity index (χ3n) is 4.78. The molecule has 1 heterocycles. The van der Waals surface area contributed by atoms with Crippen LogP contribution in [0.5, 0.6) is 5.75 Å². The molecular weight excluding hydrogens is 427 g/mol. The van der Waals surface area contributed by atoms with Gasteiger partial charge in [0.15, 0.2) is 5.75 Å². The molecule has 5 nitrogen and oxygen atoms in total. The summed E-state index contributed by atoms with van der Waals surface area (Å²) >= 11 is 9.14. The molecule has 0 spiro atoms. The van der Waals surface area contributed by atoms with Crippen LogP contribution in [-0.4, -0.2) is 29.2 Å². The van der Waals surface area contributed by atoms with Crippen LogP contribution in [0.25, 0.3) is 0 Å². The number of hydrogen-bond acceptors (Lipinski definition) is 4. The summed E-state index contributed by atoms with van der Waals surface area (Å²) in [6.07, 6.45) is 2.15. The summed E-state index contributed by atoms with van der Waals surface area (Å²) in [7, 11) is 0. The lowest BCUT2D eigenvalue weighted by Crippen LogP contribution is -2.44. The van der Waals surface area contributed by atoms with E-state index >= 15 is 0 Å². The van der Waals surface area contributed by atoms with E-state index in [1.165, 1.54) is 12.1 Å². The second-order valence-electron chi connectivity index (χ2n) is 6.30. The molecule has 26 heavy (non-hydrogen) atoms. The molecule has 3 rings (SSSR count). The van der Waals surface area contributed by atoms with E-state index < -0.39 is 17.2 Å². The van der Waals surface area contributed by atoms with Crippen LogP contribution in [0, 0.1) is 5.82 Å². The topological polar surface area (TPSA) is 85.4 Å². The van der Waals surface area contributed by atoms with Crippen molar-refractivity contribution in [1.82, 2.24) is 4.98 Å². The van der Waals surface area contributed by atoms with Gasteiger partial charge in [0.25, 0.3) is 0 Å². The van der Waals surface area contributed by atoms with Crippen molar-refractivity contribution in [2.75, 3.05) is 13.2 Å². The average molecular weight is 444 g/mol. The smallest absolute Gasteiger partial charge is 0.354 e. The second-order valence-corrected chi connectivity index (χ2v) is 7.46. The van der Waals surface area contributed by atoms with Crippen LogP contribution < -0.4 is 10.5 Å². The van der Waals surface area contributed by atoms with E-state index in [1.54, 1.807) is 6.07 Å². The van der Waals surface area contributed by atoms with Crippen molar-refractivity contribution in [3.63, 3.8) is 0 Å². The molecule has 0 bridgehead atoms. The van der Waals surface area contributed by atoms with Crippen LogP contribution in [0.4, 0.5) is 4.39 Å². The number of halogens is 3. The maximum absolute atomic E-state index is 14.4. The first-order valence-corrected chi connectivity index (χ1v) is 9.25. The number of nitrogens with two attached hydrogens (primary N) is 1. The Morgan fingerprint density at radius 2 is 2.19 bits per heavy atom. The largest absolute Gasteiger partial charge is 0.490 e. The first-order chi connectivity index (χ1) is 12.4. The zero-order valence-electron chi connectivity index (χ0n) is 13.8. The lowest BCUT2D eigenvalue weighted by Gasteiger charge is -2.38. The number of carboxylic acid groups (broad SMARTS) is 1. The van der Waals surface area contributed by atoms with E-state index in [2.05, 4.69) is 20.9 Å². The number of benzene rings is 1. The van der Waals surface area contributed by atoms with Crippen LogP contribution in [0.15, 0.2) is 28.9 Å². The van der Waals surface area contributed by atoms with E-state index in [9.17, 15) is 9.18 Å². The lowest BCUT2D eigenvalue weighted by atomic mass is 9.70. The Morgan fingerprint density at radius 1 is 1.42 bits per heavy atom. The van der Waals surface area contributed by atoms with Crippen molar-refractivity contribution in [2.45, 2.75) is 24.7 Å². The number of aromatic carboxylic acids is 1. The van der Waals surface area contributed by atoms with Crippen LogP contribution in [-0.2, 0) is 11.8 Å². The molecule has 0 fully saturated rings. The minimum absolute atomic E-state index is 0.0857. The lowest BCUT2D eigenvalue weighted by molar-refractivity contribution is 0.0690. The van der Waals surface area contributed by atoms with Gasteiger partial charge in [0.05, 0.1) is 11.6 Å². The number of fused-ring (bicyclic) bond motifs is 1. The molecule has 0 saturated carbocycles. The van der Waals surface area contributed by atoms with Crippen molar-refractivity contribution in [3.05, 3.63) is 56.5 Å². The van der Waals surface area contributed by atoms with Crippen molar-refractivity contribution >= 4 is 33.5 Å². The molecule has 0 aliphatic heterocycles. The van der Waals surface area contributed by atoms with Gasteiger partial charge in [0.1, 0.15) is 16.1 Å². The summed E-state index contributed by atoms with van der Waals surface area (Å²) in [6.45, 7) is 0.517. The number of pyridine rings is 1. The zero-order valence-corrected chi connectivity index (χ0v) is 16.1. The maximum atomic E-state index is 14.4. The molecule has 8 heteroatoms. The fourth-order valence-electron chi connectivity index (χ4n) is 3.36. The summed E-state index contributed by atoms with van der Waals surface area (Å²) in [5, 5.41) is 9.09. The van der Waals surface area contributed by atoms with Crippen LogP contribution in [0.1, 0.15) is 34.5 Å². The molecule has 0 amide bonds. The molecule has 2 aromatic rings. The summed E-state index contributed by atoms with van der Waals surface area (Å²) in [5.41, 5.74) is 6.86. The highest BCUT2D eigenvalue weighted by molar-refractivity contribution is 9.10. The highest BCUT2D eigenvalue weighted by Crippen LogP contribution is 2.40. The van der Waals surface area contributed by atoms with Crippen LogP contribution in [0.3, 0.4) is 0 Å². The SMILES string of the molecule is NCC1(COc2ccc(C(=O)O)nc2Br)CCCc2c1ccc(Cl)c2F. The first-order valence-electron chi connectivity index (χ1n) is 8.08. The first kappa shape index (κ1) is 19.1. The van der Waals surface area contributed by atoms with Gasteiger partial charge in [-0.2, -0.15) is 0 Å². The van der Waals surface area contributed by atoms with E-state index in [4.69, 9.17) is 27.2 Å². The molecule has 1 aromatic heterocycles.